The Balaban J connectivity index is 1.54. The number of aliphatic hydroxyl groups excluding tert-OH is 1. The van der Waals surface area contributed by atoms with Crippen LogP contribution in [0.3, 0.4) is 0 Å². The molecular formula is C33H43ClN2O6S. The minimum absolute atomic E-state index is 0.0552. The molecule has 3 unspecified atom stereocenters. The number of anilines is 1. The van der Waals surface area contributed by atoms with E-state index in [1.165, 1.54) is 5.56 Å². The van der Waals surface area contributed by atoms with Crippen molar-refractivity contribution in [3.05, 3.63) is 70.3 Å². The first-order chi connectivity index (χ1) is 20.7. The van der Waals surface area contributed by atoms with E-state index in [-0.39, 0.29) is 36.7 Å². The van der Waals surface area contributed by atoms with Crippen molar-refractivity contribution in [1.82, 2.24) is 4.72 Å². The molecule has 2 N–H and O–H groups in total. The van der Waals surface area contributed by atoms with Gasteiger partial charge in [0.25, 0.3) is 5.91 Å². The number of carbonyl (C=O) groups excluding carboxylic acids is 1. The topological polar surface area (TPSA) is 105 Å². The van der Waals surface area contributed by atoms with Gasteiger partial charge in [0.15, 0.2) is 0 Å². The Kier molecular flexibility index (Phi) is 10.4. The highest BCUT2D eigenvalue weighted by molar-refractivity contribution is 7.90. The maximum Gasteiger partial charge on any atom is 0.264 e. The third kappa shape index (κ3) is 7.56. The van der Waals surface area contributed by atoms with Crippen LogP contribution in [0.5, 0.6) is 5.75 Å². The van der Waals surface area contributed by atoms with Crippen molar-refractivity contribution < 1.29 is 27.8 Å². The summed E-state index contributed by atoms with van der Waals surface area (Å²) < 4.78 is 41.3. The Hall–Kier alpha value is -2.59. The molecule has 3 aliphatic rings. The number of halogens is 1. The van der Waals surface area contributed by atoms with Crippen LogP contribution in [0, 0.1) is 17.8 Å². The summed E-state index contributed by atoms with van der Waals surface area (Å²) in [5.41, 5.74) is 3.31. The van der Waals surface area contributed by atoms with Gasteiger partial charge in [0.2, 0.25) is 10.0 Å². The highest BCUT2D eigenvalue weighted by Gasteiger charge is 2.38. The van der Waals surface area contributed by atoms with Crippen LogP contribution in [-0.4, -0.2) is 57.1 Å². The summed E-state index contributed by atoms with van der Waals surface area (Å²) in [6, 6.07) is 11.1. The number of nitrogens with one attached hydrogen (secondary N) is 1. The van der Waals surface area contributed by atoms with Gasteiger partial charge in [0.05, 0.1) is 30.3 Å². The van der Waals surface area contributed by atoms with Crippen molar-refractivity contribution >= 4 is 33.2 Å². The lowest BCUT2D eigenvalue weighted by Crippen LogP contribution is -2.44. The van der Waals surface area contributed by atoms with Crippen LogP contribution in [0.25, 0.3) is 0 Å². The van der Waals surface area contributed by atoms with E-state index >= 15 is 0 Å². The summed E-state index contributed by atoms with van der Waals surface area (Å²) >= 11 is 6.32. The van der Waals surface area contributed by atoms with E-state index in [0.29, 0.717) is 29.7 Å². The van der Waals surface area contributed by atoms with Crippen molar-refractivity contribution in [3.63, 3.8) is 0 Å². The predicted molar refractivity (Wildman–Crippen MR) is 169 cm³/mol. The predicted octanol–water partition coefficient (Wildman–Crippen LogP) is 5.51. The van der Waals surface area contributed by atoms with E-state index < -0.39 is 21.2 Å². The second-order valence-electron chi connectivity index (χ2n) is 12.2. The maximum absolute atomic E-state index is 13.3. The minimum atomic E-state index is -3.93. The fourth-order valence-electron chi connectivity index (χ4n) is 6.33. The number of hydrogen-bond donors (Lipinski definition) is 2. The normalized spacial score (nSPS) is 28.6. The molecule has 0 aromatic heterocycles. The van der Waals surface area contributed by atoms with Gasteiger partial charge in [-0.25, -0.2) is 13.1 Å². The third-order valence-electron chi connectivity index (χ3n) is 9.35. The lowest BCUT2D eigenvalue weighted by Gasteiger charge is -2.44. The molecule has 5 rings (SSSR count). The fraction of sp³-hybridized carbons (Fsp3) is 0.545. The first-order valence-electron chi connectivity index (χ1n) is 15.4. The average Bonchev–Trinajstić information content (AvgIpc) is 2.99. The van der Waals surface area contributed by atoms with Gasteiger partial charge < -0.3 is 19.5 Å². The Bertz CT molecular complexity index is 1430. The van der Waals surface area contributed by atoms with Crippen LogP contribution in [0.4, 0.5) is 5.69 Å². The summed E-state index contributed by atoms with van der Waals surface area (Å²) in [5, 5.41) is 9.41. The number of aliphatic hydroxyl groups is 1. The number of nitrogens with zero attached hydrogens (tertiary/aromatic N) is 1. The lowest BCUT2D eigenvalue weighted by atomic mass is 9.70. The Morgan fingerprint density at radius 2 is 1.95 bits per heavy atom. The molecule has 1 aliphatic carbocycles. The van der Waals surface area contributed by atoms with E-state index in [0.717, 1.165) is 56.4 Å². The second-order valence-corrected chi connectivity index (χ2v) is 14.6. The lowest BCUT2D eigenvalue weighted by molar-refractivity contribution is -0.0256. The minimum Gasteiger partial charge on any atom is -0.487 e. The molecule has 0 radical (unpaired) electrons. The van der Waals surface area contributed by atoms with Gasteiger partial charge in [-0.05, 0) is 105 Å². The largest absolute Gasteiger partial charge is 0.487 e. The van der Waals surface area contributed by atoms with Gasteiger partial charge in [-0.3, -0.25) is 4.79 Å². The standard InChI is InChI=1S/C33H43ClN2O6S/c1-22-6-5-8-31(41-17-16-37)29-13-10-26(29)20-36-15-4-3-7-24-18-28(34)12-9-27(24)21-42-32-14-11-25(19-30(32)36)33(38)35-43(39,40)23(22)2/h5,8-9,11-12,14,18-19,22-23,26,29,31,37H,3-4,6-7,10,13,15-17,20-21H2,1-2H3,(H,35,38)/b8-5+/t22?,23?,26-,29+,31?/m0/s1. The summed E-state index contributed by atoms with van der Waals surface area (Å²) in [4.78, 5) is 15.6. The number of sulfonamides is 1. The first-order valence-corrected chi connectivity index (χ1v) is 17.3. The molecule has 0 saturated heterocycles. The molecule has 43 heavy (non-hydrogen) atoms. The van der Waals surface area contributed by atoms with Gasteiger partial charge in [0.1, 0.15) is 12.4 Å². The number of fused-ring (bicyclic) bond motifs is 3. The van der Waals surface area contributed by atoms with Crippen molar-refractivity contribution in [3.8, 4) is 5.75 Å². The van der Waals surface area contributed by atoms with E-state index in [4.69, 9.17) is 21.1 Å². The van der Waals surface area contributed by atoms with Crippen LogP contribution >= 0.6 is 11.6 Å². The number of ether oxygens (including phenoxy) is 2. The number of carbonyl (C=O) groups is 1. The van der Waals surface area contributed by atoms with Crippen LogP contribution in [0.15, 0.2) is 48.6 Å². The monoisotopic (exact) mass is 630 g/mol. The van der Waals surface area contributed by atoms with Crippen LogP contribution in [-0.2, 0) is 27.8 Å². The molecule has 0 spiro atoms. The molecule has 2 heterocycles. The van der Waals surface area contributed by atoms with E-state index in [9.17, 15) is 18.3 Å². The SMILES string of the molecule is CC1C/C=C/C(OCCO)[C@@H]2CC[C@H]2CN2CCCCc3cc(Cl)ccc3COc3ccc(cc32)C(=O)NS(=O)(=O)C1C. The molecule has 2 bridgehead atoms. The van der Waals surface area contributed by atoms with Crippen LogP contribution in [0.1, 0.15) is 67.4 Å². The Morgan fingerprint density at radius 1 is 1.12 bits per heavy atom. The zero-order valence-corrected chi connectivity index (χ0v) is 26.6. The molecule has 1 saturated carbocycles. The second kappa shape index (κ2) is 14.0. The molecule has 2 aliphatic heterocycles. The highest BCUT2D eigenvalue weighted by Crippen LogP contribution is 2.42. The maximum atomic E-state index is 13.3. The van der Waals surface area contributed by atoms with Gasteiger partial charge in [0, 0.05) is 23.7 Å². The van der Waals surface area contributed by atoms with Gasteiger partial charge in [-0.15, -0.1) is 0 Å². The van der Waals surface area contributed by atoms with Gasteiger partial charge in [-0.2, -0.15) is 0 Å². The molecule has 8 nitrogen and oxygen atoms in total. The molecule has 1 amide bonds. The molecular weight excluding hydrogens is 588 g/mol. The Labute approximate surface area is 260 Å². The highest BCUT2D eigenvalue weighted by atomic mass is 35.5. The Morgan fingerprint density at radius 3 is 2.72 bits per heavy atom. The number of aryl methyl sites for hydroxylation is 1. The van der Waals surface area contributed by atoms with Crippen molar-refractivity contribution in [2.45, 2.75) is 70.3 Å². The smallest absolute Gasteiger partial charge is 0.264 e. The third-order valence-corrected chi connectivity index (χ3v) is 11.5. The van der Waals surface area contributed by atoms with Gasteiger partial charge >= 0.3 is 0 Å². The zero-order chi connectivity index (χ0) is 30.6. The number of allylic oxidation sites excluding steroid dienone is 1. The molecule has 5 atom stereocenters. The molecule has 234 valence electrons. The summed E-state index contributed by atoms with van der Waals surface area (Å²) in [7, 11) is -3.93. The number of rotatable bonds is 3. The molecule has 1 fully saturated rings. The first kappa shape index (κ1) is 31.8. The summed E-state index contributed by atoms with van der Waals surface area (Å²) in [6.45, 7) is 5.57. The van der Waals surface area contributed by atoms with Crippen molar-refractivity contribution in [2.24, 2.45) is 17.8 Å². The summed E-state index contributed by atoms with van der Waals surface area (Å²) in [6.07, 6.45) is 9.25. The van der Waals surface area contributed by atoms with Crippen LogP contribution in [0.2, 0.25) is 5.02 Å². The van der Waals surface area contributed by atoms with Gasteiger partial charge in [-0.1, -0.05) is 36.7 Å². The molecule has 2 aromatic carbocycles. The fourth-order valence-corrected chi connectivity index (χ4v) is 7.81. The molecule has 10 heteroatoms. The van der Waals surface area contributed by atoms with E-state index in [1.54, 1.807) is 25.1 Å². The van der Waals surface area contributed by atoms with Crippen molar-refractivity contribution in [1.29, 1.82) is 0 Å². The number of hydrogen-bond acceptors (Lipinski definition) is 7. The summed E-state index contributed by atoms with van der Waals surface area (Å²) in [5.74, 6) is 0.406. The van der Waals surface area contributed by atoms with E-state index in [2.05, 4.69) is 9.62 Å². The number of amides is 1. The average molecular weight is 631 g/mol. The quantitative estimate of drug-likeness (QED) is 0.431. The number of benzene rings is 2. The van der Waals surface area contributed by atoms with Crippen molar-refractivity contribution in [2.75, 3.05) is 31.2 Å². The van der Waals surface area contributed by atoms with Crippen LogP contribution < -0.4 is 14.4 Å². The van der Waals surface area contributed by atoms with E-state index in [1.807, 2.05) is 37.3 Å². The molecule has 2 aromatic rings. The zero-order valence-electron chi connectivity index (χ0n) is 25.0.